The highest BCUT2D eigenvalue weighted by Crippen LogP contribution is 2.24. The topological polar surface area (TPSA) is 107 Å². The van der Waals surface area contributed by atoms with Crippen molar-refractivity contribution in [2.45, 2.75) is 26.4 Å². The van der Waals surface area contributed by atoms with Crippen LogP contribution in [0.25, 0.3) is 27.6 Å². The Morgan fingerprint density at radius 3 is 2.74 bits per heavy atom. The molecule has 35 heavy (non-hydrogen) atoms. The zero-order valence-electron chi connectivity index (χ0n) is 19.8. The Morgan fingerprint density at radius 2 is 1.94 bits per heavy atom. The minimum absolute atomic E-state index is 0.138. The van der Waals surface area contributed by atoms with Gasteiger partial charge in [-0.3, -0.25) is 4.79 Å². The number of H-pyrrole nitrogens is 1. The lowest BCUT2D eigenvalue weighted by Crippen LogP contribution is -2.24. The number of ether oxygens (including phenoxy) is 1. The highest BCUT2D eigenvalue weighted by atomic mass is 16.5. The minimum Gasteiger partial charge on any atom is -0.462 e. The molecular weight excluding hydrogens is 444 g/mol. The number of hydrogen-bond acceptors (Lipinski definition) is 6. The van der Waals surface area contributed by atoms with Crippen molar-refractivity contribution in [3.8, 4) is 5.69 Å². The SMILES string of the molecule is CCOC(=O)c1cnn(-c2cc(=O)n(C)c3ccccc23)c1CNC(C)c1nc2ccccc2[nH]1. The first-order valence-corrected chi connectivity index (χ1v) is 11.5. The number of carbonyl (C=O) groups excluding carboxylic acids is 1. The van der Waals surface area contributed by atoms with Gasteiger partial charge in [-0.25, -0.2) is 14.5 Å². The van der Waals surface area contributed by atoms with E-state index in [0.717, 1.165) is 27.8 Å². The molecular formula is C26H26N6O3. The predicted octanol–water partition coefficient (Wildman–Crippen LogP) is 3.63. The molecule has 0 amide bonds. The number of nitrogens with zero attached hydrogens (tertiary/aromatic N) is 4. The van der Waals surface area contributed by atoms with Gasteiger partial charge >= 0.3 is 5.97 Å². The maximum Gasteiger partial charge on any atom is 0.341 e. The van der Waals surface area contributed by atoms with E-state index in [2.05, 4.69) is 20.4 Å². The largest absolute Gasteiger partial charge is 0.462 e. The van der Waals surface area contributed by atoms with Crippen LogP contribution in [-0.4, -0.2) is 36.9 Å². The van der Waals surface area contributed by atoms with Gasteiger partial charge in [0.05, 0.1) is 46.8 Å². The molecule has 5 aromatic rings. The first kappa shape index (κ1) is 22.5. The van der Waals surface area contributed by atoms with Crippen LogP contribution in [0.3, 0.4) is 0 Å². The van der Waals surface area contributed by atoms with E-state index in [9.17, 15) is 9.59 Å². The van der Waals surface area contributed by atoms with Gasteiger partial charge in [0.25, 0.3) is 5.56 Å². The summed E-state index contributed by atoms with van der Waals surface area (Å²) >= 11 is 0. The zero-order chi connectivity index (χ0) is 24.5. The molecule has 0 radical (unpaired) electrons. The molecule has 1 atom stereocenters. The summed E-state index contributed by atoms with van der Waals surface area (Å²) < 4.78 is 8.52. The van der Waals surface area contributed by atoms with Gasteiger partial charge in [0.1, 0.15) is 11.4 Å². The van der Waals surface area contributed by atoms with Crippen LogP contribution in [0.15, 0.2) is 65.6 Å². The number of nitrogens with one attached hydrogen (secondary N) is 2. The molecule has 178 valence electrons. The summed E-state index contributed by atoms with van der Waals surface area (Å²) in [6.07, 6.45) is 1.49. The second-order valence-corrected chi connectivity index (χ2v) is 8.32. The summed E-state index contributed by atoms with van der Waals surface area (Å²) in [6, 6.07) is 16.9. The maximum atomic E-state index is 12.7. The van der Waals surface area contributed by atoms with E-state index in [-0.39, 0.29) is 18.2 Å². The van der Waals surface area contributed by atoms with Crippen LogP contribution in [0.4, 0.5) is 0 Å². The lowest BCUT2D eigenvalue weighted by molar-refractivity contribution is 0.0524. The summed E-state index contributed by atoms with van der Waals surface area (Å²) in [6.45, 7) is 4.31. The highest BCUT2D eigenvalue weighted by molar-refractivity contribution is 5.92. The molecule has 0 aliphatic carbocycles. The Kier molecular flexibility index (Phi) is 5.92. The lowest BCUT2D eigenvalue weighted by Gasteiger charge is -2.16. The van der Waals surface area contributed by atoms with Crippen molar-refractivity contribution >= 4 is 27.9 Å². The number of carbonyl (C=O) groups is 1. The van der Waals surface area contributed by atoms with Crippen molar-refractivity contribution in [2.24, 2.45) is 7.05 Å². The molecule has 0 aliphatic heterocycles. The van der Waals surface area contributed by atoms with E-state index in [4.69, 9.17) is 4.74 Å². The van der Waals surface area contributed by atoms with Gasteiger partial charge in [-0.1, -0.05) is 30.3 Å². The van der Waals surface area contributed by atoms with Gasteiger partial charge in [-0.15, -0.1) is 0 Å². The van der Waals surface area contributed by atoms with Crippen LogP contribution in [0, 0.1) is 0 Å². The third kappa shape index (κ3) is 4.10. The number of hydrogen-bond donors (Lipinski definition) is 2. The van der Waals surface area contributed by atoms with E-state index in [1.807, 2.05) is 55.5 Å². The molecule has 0 saturated carbocycles. The first-order chi connectivity index (χ1) is 17.0. The fourth-order valence-electron chi connectivity index (χ4n) is 4.22. The van der Waals surface area contributed by atoms with Gasteiger partial charge in [0.15, 0.2) is 0 Å². The van der Waals surface area contributed by atoms with E-state index in [0.29, 0.717) is 23.5 Å². The van der Waals surface area contributed by atoms with Crippen LogP contribution in [0.5, 0.6) is 0 Å². The molecule has 2 aromatic carbocycles. The summed E-state index contributed by atoms with van der Waals surface area (Å²) in [4.78, 5) is 33.5. The van der Waals surface area contributed by atoms with E-state index < -0.39 is 5.97 Å². The normalized spacial score (nSPS) is 12.3. The third-order valence-corrected chi connectivity index (χ3v) is 6.12. The fourth-order valence-corrected chi connectivity index (χ4v) is 4.22. The van der Waals surface area contributed by atoms with Crippen molar-refractivity contribution in [3.05, 3.63) is 88.2 Å². The quantitative estimate of drug-likeness (QED) is 0.352. The monoisotopic (exact) mass is 470 g/mol. The number of rotatable bonds is 7. The second-order valence-electron chi connectivity index (χ2n) is 8.32. The molecule has 3 aromatic heterocycles. The molecule has 9 nitrogen and oxygen atoms in total. The van der Waals surface area contributed by atoms with Gasteiger partial charge in [0, 0.05) is 25.0 Å². The van der Waals surface area contributed by atoms with Gasteiger partial charge in [-0.05, 0) is 32.0 Å². The van der Waals surface area contributed by atoms with Gasteiger partial charge in [0.2, 0.25) is 0 Å². The molecule has 5 rings (SSSR count). The average Bonchev–Trinajstić information content (AvgIpc) is 3.49. The molecule has 9 heteroatoms. The number of aryl methyl sites for hydroxylation is 1. The number of para-hydroxylation sites is 3. The molecule has 0 bridgehead atoms. The maximum absolute atomic E-state index is 12.7. The summed E-state index contributed by atoms with van der Waals surface area (Å²) in [5.74, 6) is 0.328. The second kappa shape index (κ2) is 9.19. The van der Waals surface area contributed by atoms with E-state index in [1.165, 1.54) is 12.3 Å². The van der Waals surface area contributed by atoms with Gasteiger partial charge < -0.3 is 19.6 Å². The first-order valence-electron chi connectivity index (χ1n) is 11.5. The average molecular weight is 471 g/mol. The smallest absolute Gasteiger partial charge is 0.341 e. The molecule has 0 aliphatic rings. The number of aromatic nitrogens is 5. The van der Waals surface area contributed by atoms with Crippen LogP contribution >= 0.6 is 0 Å². The lowest BCUT2D eigenvalue weighted by atomic mass is 10.1. The van der Waals surface area contributed by atoms with Crippen LogP contribution < -0.4 is 10.9 Å². The number of esters is 1. The van der Waals surface area contributed by atoms with Crippen LogP contribution in [-0.2, 0) is 18.3 Å². The van der Waals surface area contributed by atoms with E-state index >= 15 is 0 Å². The Labute approximate surface area is 201 Å². The standard InChI is InChI=1S/C26H26N6O3/c1-4-35-26(34)18-14-28-32(22-13-24(33)31(3)21-12-8-5-9-17(21)22)23(18)15-27-16(2)25-29-19-10-6-7-11-20(19)30-25/h5-14,16,27H,4,15H2,1-3H3,(H,29,30). The number of imidazole rings is 1. The van der Waals surface area contributed by atoms with Crippen LogP contribution in [0.2, 0.25) is 0 Å². The number of benzene rings is 2. The fraction of sp³-hybridized carbons (Fsp3) is 0.231. The molecule has 0 saturated heterocycles. The van der Waals surface area contributed by atoms with E-state index in [1.54, 1.807) is 23.2 Å². The Morgan fingerprint density at radius 1 is 1.17 bits per heavy atom. The summed E-state index contributed by atoms with van der Waals surface area (Å²) in [5, 5.41) is 8.79. The van der Waals surface area contributed by atoms with Crippen molar-refractivity contribution in [1.82, 2.24) is 29.6 Å². The molecule has 1 unspecified atom stereocenters. The number of pyridine rings is 1. The number of fused-ring (bicyclic) bond motifs is 2. The third-order valence-electron chi connectivity index (χ3n) is 6.12. The summed E-state index contributed by atoms with van der Waals surface area (Å²) in [5.41, 5.74) is 4.01. The predicted molar refractivity (Wildman–Crippen MR) is 134 cm³/mol. The molecule has 2 N–H and O–H groups in total. The molecule has 0 fully saturated rings. The minimum atomic E-state index is -0.458. The molecule has 3 heterocycles. The van der Waals surface area contributed by atoms with Crippen molar-refractivity contribution < 1.29 is 9.53 Å². The van der Waals surface area contributed by atoms with Crippen molar-refractivity contribution in [3.63, 3.8) is 0 Å². The number of aromatic amines is 1. The Hall–Kier alpha value is -4.24. The Balaban J connectivity index is 1.55. The highest BCUT2D eigenvalue weighted by Gasteiger charge is 2.22. The summed E-state index contributed by atoms with van der Waals surface area (Å²) in [7, 11) is 1.74. The van der Waals surface area contributed by atoms with Crippen molar-refractivity contribution in [2.75, 3.05) is 6.61 Å². The molecule has 0 spiro atoms. The van der Waals surface area contributed by atoms with Crippen molar-refractivity contribution in [1.29, 1.82) is 0 Å². The zero-order valence-corrected chi connectivity index (χ0v) is 19.8. The Bertz CT molecular complexity index is 1560. The van der Waals surface area contributed by atoms with Crippen LogP contribution in [0.1, 0.15) is 41.8 Å². The van der Waals surface area contributed by atoms with Gasteiger partial charge in [-0.2, -0.15) is 5.10 Å².